The highest BCUT2D eigenvalue weighted by Gasteiger charge is 2.21. The standard InChI is InChI=1S/C20H20ClN3OS/c21-17-10-8-16(9-11-17)19-22-23-20(24(19)13-18-7-4-12-25-18)26-14-15-5-2-1-3-6-15/h1-3,5-6,8-11,18H,4,7,12-14H2/t18-/m1/s1. The summed E-state index contributed by atoms with van der Waals surface area (Å²) in [5.74, 6) is 1.73. The quantitative estimate of drug-likeness (QED) is 0.555. The highest BCUT2D eigenvalue weighted by Crippen LogP contribution is 2.29. The molecule has 0 aliphatic carbocycles. The molecule has 0 unspecified atom stereocenters. The van der Waals surface area contributed by atoms with Crippen molar-refractivity contribution in [2.24, 2.45) is 0 Å². The van der Waals surface area contributed by atoms with Crippen LogP contribution in [0.2, 0.25) is 5.02 Å². The second kappa shape index (κ2) is 8.25. The molecule has 2 aromatic carbocycles. The number of halogens is 1. The number of aromatic nitrogens is 3. The van der Waals surface area contributed by atoms with E-state index < -0.39 is 0 Å². The molecule has 4 rings (SSSR count). The summed E-state index contributed by atoms with van der Waals surface area (Å²) < 4.78 is 8.03. The summed E-state index contributed by atoms with van der Waals surface area (Å²) in [5.41, 5.74) is 2.30. The van der Waals surface area contributed by atoms with Crippen molar-refractivity contribution in [2.45, 2.75) is 36.4 Å². The maximum absolute atomic E-state index is 6.03. The topological polar surface area (TPSA) is 39.9 Å². The zero-order chi connectivity index (χ0) is 17.8. The number of hydrogen-bond donors (Lipinski definition) is 0. The number of thioether (sulfide) groups is 1. The molecule has 0 amide bonds. The minimum absolute atomic E-state index is 0.230. The molecule has 0 bridgehead atoms. The fraction of sp³-hybridized carbons (Fsp3) is 0.300. The van der Waals surface area contributed by atoms with Crippen molar-refractivity contribution in [3.63, 3.8) is 0 Å². The Bertz CT molecular complexity index is 845. The van der Waals surface area contributed by atoms with Gasteiger partial charge in [-0.05, 0) is 42.7 Å². The molecular weight excluding hydrogens is 366 g/mol. The van der Waals surface area contributed by atoms with Crippen LogP contribution in [-0.4, -0.2) is 27.5 Å². The van der Waals surface area contributed by atoms with Crippen LogP contribution in [0.15, 0.2) is 59.8 Å². The molecule has 0 N–H and O–H groups in total. The van der Waals surface area contributed by atoms with E-state index in [2.05, 4.69) is 39.0 Å². The molecule has 1 aliphatic heterocycles. The Kier molecular flexibility index (Phi) is 5.58. The van der Waals surface area contributed by atoms with Gasteiger partial charge in [0.15, 0.2) is 11.0 Å². The van der Waals surface area contributed by atoms with Gasteiger partial charge in [0.05, 0.1) is 12.6 Å². The fourth-order valence-corrected chi connectivity index (χ4v) is 4.12. The van der Waals surface area contributed by atoms with E-state index in [0.29, 0.717) is 0 Å². The zero-order valence-electron chi connectivity index (χ0n) is 14.3. The van der Waals surface area contributed by atoms with Crippen molar-refractivity contribution in [1.82, 2.24) is 14.8 Å². The summed E-state index contributed by atoms with van der Waals surface area (Å²) in [6.07, 6.45) is 2.43. The van der Waals surface area contributed by atoms with Gasteiger partial charge in [-0.2, -0.15) is 0 Å². The molecule has 3 aromatic rings. The number of nitrogens with zero attached hydrogens (tertiary/aromatic N) is 3. The molecule has 1 atom stereocenters. The van der Waals surface area contributed by atoms with Crippen molar-refractivity contribution in [1.29, 1.82) is 0 Å². The maximum atomic E-state index is 6.03. The van der Waals surface area contributed by atoms with E-state index in [0.717, 1.165) is 53.3 Å². The van der Waals surface area contributed by atoms with E-state index >= 15 is 0 Å². The van der Waals surface area contributed by atoms with Gasteiger partial charge in [0, 0.05) is 22.9 Å². The van der Waals surface area contributed by atoms with E-state index in [1.807, 2.05) is 30.3 Å². The van der Waals surface area contributed by atoms with Gasteiger partial charge in [-0.3, -0.25) is 4.57 Å². The van der Waals surface area contributed by atoms with Gasteiger partial charge in [-0.25, -0.2) is 0 Å². The second-order valence-electron chi connectivity index (χ2n) is 6.33. The van der Waals surface area contributed by atoms with E-state index in [4.69, 9.17) is 16.3 Å². The molecule has 2 heterocycles. The Labute approximate surface area is 162 Å². The first-order chi connectivity index (χ1) is 12.8. The third-order valence-corrected chi connectivity index (χ3v) is 5.73. The zero-order valence-corrected chi connectivity index (χ0v) is 15.9. The summed E-state index contributed by atoms with van der Waals surface area (Å²) in [4.78, 5) is 0. The molecule has 1 saturated heterocycles. The van der Waals surface area contributed by atoms with Gasteiger partial charge in [-0.15, -0.1) is 10.2 Å². The van der Waals surface area contributed by atoms with Crippen molar-refractivity contribution in [3.8, 4) is 11.4 Å². The minimum Gasteiger partial charge on any atom is -0.376 e. The normalized spacial score (nSPS) is 16.9. The van der Waals surface area contributed by atoms with Crippen LogP contribution < -0.4 is 0 Å². The van der Waals surface area contributed by atoms with E-state index in [-0.39, 0.29) is 6.10 Å². The summed E-state index contributed by atoms with van der Waals surface area (Å²) in [6.45, 7) is 1.62. The van der Waals surface area contributed by atoms with Crippen molar-refractivity contribution < 1.29 is 4.74 Å². The lowest BCUT2D eigenvalue weighted by molar-refractivity contribution is 0.0953. The molecule has 26 heavy (non-hydrogen) atoms. The van der Waals surface area contributed by atoms with Crippen molar-refractivity contribution in [2.75, 3.05) is 6.61 Å². The maximum Gasteiger partial charge on any atom is 0.191 e. The molecule has 0 saturated carbocycles. The Hall–Kier alpha value is -1.82. The Morgan fingerprint density at radius 1 is 1.08 bits per heavy atom. The first-order valence-electron chi connectivity index (χ1n) is 8.77. The van der Waals surface area contributed by atoms with Crippen LogP contribution in [0.1, 0.15) is 18.4 Å². The van der Waals surface area contributed by atoms with E-state index in [1.165, 1.54) is 5.56 Å². The van der Waals surface area contributed by atoms with Crippen LogP contribution in [0.5, 0.6) is 0 Å². The van der Waals surface area contributed by atoms with E-state index in [1.54, 1.807) is 11.8 Å². The number of rotatable bonds is 6. The summed E-state index contributed by atoms with van der Waals surface area (Å²) in [5, 5.41) is 10.6. The molecule has 1 fully saturated rings. The first kappa shape index (κ1) is 17.6. The smallest absolute Gasteiger partial charge is 0.191 e. The molecular formula is C20H20ClN3OS. The fourth-order valence-electron chi connectivity index (χ4n) is 3.09. The SMILES string of the molecule is Clc1ccc(-c2nnc(SCc3ccccc3)n2C[C@H]2CCCO2)cc1. The third-order valence-electron chi connectivity index (χ3n) is 4.44. The van der Waals surface area contributed by atoms with Crippen LogP contribution in [0.25, 0.3) is 11.4 Å². The highest BCUT2D eigenvalue weighted by molar-refractivity contribution is 7.98. The Balaban J connectivity index is 1.60. The number of ether oxygens (including phenoxy) is 1. The molecule has 1 aliphatic rings. The van der Waals surface area contributed by atoms with Crippen molar-refractivity contribution >= 4 is 23.4 Å². The minimum atomic E-state index is 0.230. The lowest BCUT2D eigenvalue weighted by atomic mass is 10.2. The highest BCUT2D eigenvalue weighted by atomic mass is 35.5. The van der Waals surface area contributed by atoms with Crippen LogP contribution in [0.3, 0.4) is 0 Å². The largest absolute Gasteiger partial charge is 0.376 e. The molecule has 0 spiro atoms. The average molecular weight is 386 g/mol. The van der Waals surface area contributed by atoms with E-state index in [9.17, 15) is 0 Å². The summed E-state index contributed by atoms with van der Waals surface area (Å²) in [7, 11) is 0. The molecule has 134 valence electrons. The first-order valence-corrected chi connectivity index (χ1v) is 10.1. The van der Waals surface area contributed by atoms with Gasteiger partial charge >= 0.3 is 0 Å². The van der Waals surface area contributed by atoms with Gasteiger partial charge < -0.3 is 4.74 Å². The predicted octanol–water partition coefficient (Wildman–Crippen LogP) is 5.07. The van der Waals surface area contributed by atoms with Gasteiger partial charge in [0.25, 0.3) is 0 Å². The van der Waals surface area contributed by atoms with Crippen LogP contribution in [0.4, 0.5) is 0 Å². The summed E-state index contributed by atoms with van der Waals surface area (Å²) in [6, 6.07) is 18.2. The van der Waals surface area contributed by atoms with Gasteiger partial charge in [-0.1, -0.05) is 53.7 Å². The number of hydrogen-bond acceptors (Lipinski definition) is 4. The average Bonchev–Trinajstić information content (AvgIpc) is 3.32. The molecule has 4 nitrogen and oxygen atoms in total. The predicted molar refractivity (Wildman–Crippen MR) is 105 cm³/mol. The van der Waals surface area contributed by atoms with Crippen LogP contribution in [-0.2, 0) is 17.0 Å². The Morgan fingerprint density at radius 3 is 2.62 bits per heavy atom. The van der Waals surface area contributed by atoms with Crippen molar-refractivity contribution in [3.05, 3.63) is 65.2 Å². The Morgan fingerprint density at radius 2 is 1.88 bits per heavy atom. The van der Waals surface area contributed by atoms with Gasteiger partial charge in [0.1, 0.15) is 0 Å². The lowest BCUT2D eigenvalue weighted by Gasteiger charge is -2.14. The molecule has 6 heteroatoms. The number of benzene rings is 2. The third kappa shape index (κ3) is 4.11. The van der Waals surface area contributed by atoms with Gasteiger partial charge in [0.2, 0.25) is 0 Å². The summed E-state index contributed by atoms with van der Waals surface area (Å²) >= 11 is 7.74. The second-order valence-corrected chi connectivity index (χ2v) is 7.71. The van der Waals surface area contributed by atoms with Crippen LogP contribution in [0, 0.1) is 0 Å². The van der Waals surface area contributed by atoms with Crippen LogP contribution >= 0.6 is 23.4 Å². The monoisotopic (exact) mass is 385 g/mol. The lowest BCUT2D eigenvalue weighted by Crippen LogP contribution is -2.16. The molecule has 1 aromatic heterocycles. The molecule has 0 radical (unpaired) electrons.